The molecule has 0 bridgehead atoms. The molecule has 0 aliphatic carbocycles. The summed E-state index contributed by atoms with van der Waals surface area (Å²) < 4.78 is 5.64. The number of ketones is 1. The van der Waals surface area contributed by atoms with Crippen LogP contribution in [0.15, 0.2) is 48.8 Å². The van der Waals surface area contributed by atoms with Crippen molar-refractivity contribution in [3.05, 3.63) is 59.9 Å². The average molecular weight is 241 g/mol. The molecule has 0 fully saturated rings. The smallest absolute Gasteiger partial charge is 0.165 e. The molecule has 92 valence electrons. The van der Waals surface area contributed by atoms with Crippen LogP contribution in [-0.4, -0.2) is 17.4 Å². The van der Waals surface area contributed by atoms with Crippen molar-refractivity contribution in [3.8, 4) is 5.75 Å². The Kier molecular flexibility index (Phi) is 4.07. The normalized spacial score (nSPS) is 10.1. The Morgan fingerprint density at radius 3 is 2.72 bits per heavy atom. The highest BCUT2D eigenvalue weighted by Crippen LogP contribution is 2.17. The van der Waals surface area contributed by atoms with Crippen LogP contribution >= 0.6 is 0 Å². The summed E-state index contributed by atoms with van der Waals surface area (Å²) in [7, 11) is 0. The summed E-state index contributed by atoms with van der Waals surface area (Å²) in [5.74, 6) is 0.575. The van der Waals surface area contributed by atoms with Crippen molar-refractivity contribution in [2.45, 2.75) is 13.3 Å². The van der Waals surface area contributed by atoms with Gasteiger partial charge in [-0.25, -0.2) is 0 Å². The van der Waals surface area contributed by atoms with E-state index < -0.39 is 0 Å². The zero-order chi connectivity index (χ0) is 12.8. The number of nitrogens with zero attached hydrogens (tertiary/aromatic N) is 1. The van der Waals surface area contributed by atoms with Crippen LogP contribution in [0, 0.1) is 0 Å². The molecule has 0 aliphatic heterocycles. The Labute approximate surface area is 106 Å². The first-order valence-electron chi connectivity index (χ1n) is 5.89. The number of Topliss-reactive ketones (excluding diaryl/α,β-unsaturated/α-hetero) is 1. The predicted octanol–water partition coefficient (Wildman–Crippen LogP) is 2.91. The molecule has 1 aromatic heterocycles. The molecular weight excluding hydrogens is 226 g/mol. The van der Waals surface area contributed by atoms with Crippen molar-refractivity contribution in [3.63, 3.8) is 0 Å². The quantitative estimate of drug-likeness (QED) is 0.755. The molecule has 0 saturated carbocycles. The van der Waals surface area contributed by atoms with Gasteiger partial charge in [-0.1, -0.05) is 30.3 Å². The van der Waals surface area contributed by atoms with E-state index in [1.807, 2.05) is 18.2 Å². The summed E-state index contributed by atoms with van der Waals surface area (Å²) >= 11 is 0. The second-order valence-corrected chi connectivity index (χ2v) is 4.01. The van der Waals surface area contributed by atoms with Gasteiger partial charge in [0.1, 0.15) is 5.75 Å². The van der Waals surface area contributed by atoms with E-state index in [1.54, 1.807) is 18.5 Å². The van der Waals surface area contributed by atoms with Crippen LogP contribution < -0.4 is 4.74 Å². The predicted molar refractivity (Wildman–Crippen MR) is 69.9 cm³/mol. The summed E-state index contributed by atoms with van der Waals surface area (Å²) in [5.41, 5.74) is 1.75. The number of aromatic nitrogens is 1. The number of pyridine rings is 1. The lowest BCUT2D eigenvalue weighted by Crippen LogP contribution is -2.05. The van der Waals surface area contributed by atoms with E-state index in [0.29, 0.717) is 17.9 Å². The fourth-order valence-corrected chi connectivity index (χ4v) is 1.70. The molecule has 0 spiro atoms. The van der Waals surface area contributed by atoms with E-state index in [4.69, 9.17) is 4.74 Å². The second kappa shape index (κ2) is 5.96. The van der Waals surface area contributed by atoms with Crippen molar-refractivity contribution < 1.29 is 9.53 Å². The maximum Gasteiger partial charge on any atom is 0.165 e. The summed E-state index contributed by atoms with van der Waals surface area (Å²) in [6.45, 7) is 2.06. The van der Waals surface area contributed by atoms with Gasteiger partial charge in [-0.3, -0.25) is 9.78 Å². The molecule has 0 unspecified atom stereocenters. The van der Waals surface area contributed by atoms with E-state index in [0.717, 1.165) is 6.42 Å². The van der Waals surface area contributed by atoms with Crippen LogP contribution in [0.2, 0.25) is 0 Å². The summed E-state index contributed by atoms with van der Waals surface area (Å²) in [6.07, 6.45) is 3.99. The van der Waals surface area contributed by atoms with Gasteiger partial charge in [0, 0.05) is 18.8 Å². The van der Waals surface area contributed by atoms with E-state index in [1.165, 1.54) is 12.5 Å². The van der Waals surface area contributed by atoms with Gasteiger partial charge in [-0.05, 0) is 18.6 Å². The number of hydrogen-bond donors (Lipinski definition) is 0. The van der Waals surface area contributed by atoms with Gasteiger partial charge in [-0.15, -0.1) is 0 Å². The molecule has 0 atom stereocenters. The van der Waals surface area contributed by atoms with Gasteiger partial charge in [0.15, 0.2) is 5.78 Å². The molecule has 3 nitrogen and oxygen atoms in total. The molecule has 2 rings (SSSR count). The minimum Gasteiger partial charge on any atom is -0.492 e. The van der Waals surface area contributed by atoms with Crippen molar-refractivity contribution in [1.29, 1.82) is 0 Å². The largest absolute Gasteiger partial charge is 0.492 e. The Hall–Kier alpha value is -2.16. The Morgan fingerprint density at radius 2 is 2.00 bits per heavy atom. The Balaban J connectivity index is 1.97. The zero-order valence-electron chi connectivity index (χ0n) is 10.3. The molecule has 3 heteroatoms. The molecule has 0 N–H and O–H groups in total. The fourth-order valence-electron chi connectivity index (χ4n) is 1.70. The molecule has 2 aromatic rings. The Morgan fingerprint density at radius 1 is 1.22 bits per heavy atom. The molecule has 0 amide bonds. The van der Waals surface area contributed by atoms with Crippen LogP contribution in [-0.2, 0) is 6.42 Å². The molecule has 1 heterocycles. The van der Waals surface area contributed by atoms with Crippen LogP contribution in [0.3, 0.4) is 0 Å². The third-order valence-corrected chi connectivity index (χ3v) is 2.65. The molecule has 0 saturated heterocycles. The first-order chi connectivity index (χ1) is 8.77. The minimum atomic E-state index is -0.0298. The van der Waals surface area contributed by atoms with E-state index in [2.05, 4.69) is 17.1 Å². The van der Waals surface area contributed by atoms with Crippen molar-refractivity contribution in [2.75, 3.05) is 6.61 Å². The van der Waals surface area contributed by atoms with Crippen LogP contribution in [0.5, 0.6) is 5.75 Å². The van der Waals surface area contributed by atoms with Crippen molar-refractivity contribution >= 4 is 5.78 Å². The lowest BCUT2D eigenvalue weighted by atomic mass is 10.1. The van der Waals surface area contributed by atoms with Gasteiger partial charge in [0.2, 0.25) is 0 Å². The van der Waals surface area contributed by atoms with Crippen molar-refractivity contribution in [1.82, 2.24) is 4.98 Å². The lowest BCUT2D eigenvalue weighted by molar-refractivity contribution is 0.101. The molecule has 0 radical (unpaired) electrons. The van der Waals surface area contributed by atoms with Gasteiger partial charge in [0.25, 0.3) is 0 Å². The summed E-state index contributed by atoms with van der Waals surface area (Å²) in [5, 5.41) is 0. The zero-order valence-corrected chi connectivity index (χ0v) is 10.3. The topological polar surface area (TPSA) is 39.2 Å². The third kappa shape index (κ3) is 3.17. The third-order valence-electron chi connectivity index (χ3n) is 2.65. The second-order valence-electron chi connectivity index (χ2n) is 4.01. The Bertz CT molecular complexity index is 523. The number of rotatable bonds is 5. The summed E-state index contributed by atoms with van der Waals surface area (Å²) in [6, 6.07) is 11.8. The number of ether oxygens (including phenoxy) is 1. The highest BCUT2D eigenvalue weighted by molar-refractivity contribution is 5.96. The van der Waals surface area contributed by atoms with Gasteiger partial charge < -0.3 is 4.74 Å². The van der Waals surface area contributed by atoms with Gasteiger partial charge in [-0.2, -0.15) is 0 Å². The SMILES string of the molecule is CC(=O)c1cnccc1OCCc1ccccc1. The number of hydrogen-bond acceptors (Lipinski definition) is 3. The molecular formula is C15H15NO2. The highest BCUT2D eigenvalue weighted by atomic mass is 16.5. The van der Waals surface area contributed by atoms with E-state index in [9.17, 15) is 4.79 Å². The average Bonchev–Trinajstić information content (AvgIpc) is 2.40. The molecule has 0 aliphatic rings. The van der Waals surface area contributed by atoms with Crippen LogP contribution in [0.25, 0.3) is 0 Å². The van der Waals surface area contributed by atoms with Crippen LogP contribution in [0.4, 0.5) is 0 Å². The maximum atomic E-state index is 11.4. The van der Waals surface area contributed by atoms with Gasteiger partial charge >= 0.3 is 0 Å². The standard InChI is InChI=1S/C15H15NO2/c1-12(17)14-11-16-9-7-15(14)18-10-8-13-5-3-2-4-6-13/h2-7,9,11H,8,10H2,1H3. The number of carbonyl (C=O) groups excluding carboxylic acids is 1. The number of benzene rings is 1. The van der Waals surface area contributed by atoms with Gasteiger partial charge in [0.05, 0.1) is 12.2 Å². The first kappa shape index (κ1) is 12.3. The lowest BCUT2D eigenvalue weighted by Gasteiger charge is -2.09. The van der Waals surface area contributed by atoms with Crippen LogP contribution in [0.1, 0.15) is 22.8 Å². The highest BCUT2D eigenvalue weighted by Gasteiger charge is 2.07. The van der Waals surface area contributed by atoms with E-state index >= 15 is 0 Å². The first-order valence-corrected chi connectivity index (χ1v) is 5.89. The molecule has 18 heavy (non-hydrogen) atoms. The fraction of sp³-hybridized carbons (Fsp3) is 0.200. The number of carbonyl (C=O) groups is 1. The minimum absolute atomic E-state index is 0.0298. The maximum absolute atomic E-state index is 11.4. The monoisotopic (exact) mass is 241 g/mol. The molecule has 1 aromatic carbocycles. The summed E-state index contributed by atoms with van der Waals surface area (Å²) in [4.78, 5) is 15.3. The van der Waals surface area contributed by atoms with Crippen molar-refractivity contribution in [2.24, 2.45) is 0 Å². The van der Waals surface area contributed by atoms with E-state index in [-0.39, 0.29) is 5.78 Å².